The van der Waals surface area contributed by atoms with Crippen molar-refractivity contribution in [1.82, 2.24) is 14.8 Å². The van der Waals surface area contributed by atoms with Crippen LogP contribution >= 0.6 is 11.8 Å². The molecule has 0 aliphatic carbocycles. The summed E-state index contributed by atoms with van der Waals surface area (Å²) in [6, 6.07) is 6.09. The Kier molecular flexibility index (Phi) is 4.47. The van der Waals surface area contributed by atoms with Gasteiger partial charge in [-0.2, -0.15) is 0 Å². The van der Waals surface area contributed by atoms with Gasteiger partial charge in [0.25, 0.3) is 0 Å². The second kappa shape index (κ2) is 6.10. The van der Waals surface area contributed by atoms with Crippen LogP contribution < -0.4 is 4.74 Å². The number of nitrogens with zero attached hydrogens (tertiary/aromatic N) is 3. The Hall–Kier alpha value is -1.49. The van der Waals surface area contributed by atoms with Gasteiger partial charge in [-0.1, -0.05) is 23.9 Å². The van der Waals surface area contributed by atoms with Gasteiger partial charge in [0.05, 0.1) is 0 Å². The van der Waals surface area contributed by atoms with E-state index in [9.17, 15) is 0 Å². The summed E-state index contributed by atoms with van der Waals surface area (Å²) in [5.41, 5.74) is 2.41. The molecule has 0 spiro atoms. The third kappa shape index (κ3) is 2.92. The van der Waals surface area contributed by atoms with Crippen LogP contribution in [0.4, 0.5) is 0 Å². The van der Waals surface area contributed by atoms with Gasteiger partial charge in [0, 0.05) is 6.54 Å². The van der Waals surface area contributed by atoms with Crippen LogP contribution in [-0.2, 0) is 13.2 Å². The molecule has 0 atom stereocenters. The van der Waals surface area contributed by atoms with Gasteiger partial charge in [-0.25, -0.2) is 0 Å². The maximum absolute atomic E-state index is 5.87. The molecule has 1 heterocycles. The average Bonchev–Trinajstić information content (AvgIpc) is 2.82. The SMILES string of the molecule is CCn1c(COc2cccc(C)c2C)nnc1SC. The van der Waals surface area contributed by atoms with Crippen molar-refractivity contribution in [1.29, 1.82) is 0 Å². The lowest BCUT2D eigenvalue weighted by Gasteiger charge is -2.11. The minimum Gasteiger partial charge on any atom is -0.485 e. The third-order valence-corrected chi connectivity index (χ3v) is 3.87. The summed E-state index contributed by atoms with van der Waals surface area (Å²) in [6.45, 7) is 7.55. The highest BCUT2D eigenvalue weighted by atomic mass is 32.2. The van der Waals surface area contributed by atoms with E-state index < -0.39 is 0 Å². The topological polar surface area (TPSA) is 39.9 Å². The molecule has 19 heavy (non-hydrogen) atoms. The highest BCUT2D eigenvalue weighted by molar-refractivity contribution is 7.98. The van der Waals surface area contributed by atoms with Crippen molar-refractivity contribution in [3.63, 3.8) is 0 Å². The van der Waals surface area contributed by atoms with Gasteiger partial charge >= 0.3 is 0 Å². The molecule has 1 aromatic heterocycles. The zero-order chi connectivity index (χ0) is 13.8. The van der Waals surface area contributed by atoms with E-state index in [1.165, 1.54) is 11.1 Å². The van der Waals surface area contributed by atoms with Crippen molar-refractivity contribution in [2.45, 2.75) is 39.1 Å². The third-order valence-electron chi connectivity index (χ3n) is 3.20. The number of aryl methyl sites for hydroxylation is 1. The number of ether oxygens (including phenoxy) is 1. The van der Waals surface area contributed by atoms with Crippen LogP contribution in [0.1, 0.15) is 23.9 Å². The molecule has 102 valence electrons. The summed E-state index contributed by atoms with van der Waals surface area (Å²) in [5.74, 6) is 1.78. The van der Waals surface area contributed by atoms with Gasteiger partial charge in [0.15, 0.2) is 11.0 Å². The van der Waals surface area contributed by atoms with Gasteiger partial charge in [0.2, 0.25) is 0 Å². The molecule has 2 rings (SSSR count). The largest absolute Gasteiger partial charge is 0.485 e. The fraction of sp³-hybridized carbons (Fsp3) is 0.429. The molecule has 0 fully saturated rings. The Morgan fingerprint density at radius 3 is 2.74 bits per heavy atom. The van der Waals surface area contributed by atoms with Gasteiger partial charge in [0.1, 0.15) is 12.4 Å². The quantitative estimate of drug-likeness (QED) is 0.787. The molecule has 1 aromatic carbocycles. The second-order valence-corrected chi connectivity index (χ2v) is 5.11. The molecular formula is C14H19N3OS. The number of aromatic nitrogens is 3. The molecule has 0 radical (unpaired) electrons. The van der Waals surface area contributed by atoms with Crippen molar-refractivity contribution in [2.24, 2.45) is 0 Å². The van der Waals surface area contributed by atoms with E-state index in [4.69, 9.17) is 4.74 Å². The number of thioether (sulfide) groups is 1. The van der Waals surface area contributed by atoms with E-state index in [0.29, 0.717) is 6.61 Å². The molecule has 0 saturated heterocycles. The maximum atomic E-state index is 5.87. The molecule has 0 bridgehead atoms. The maximum Gasteiger partial charge on any atom is 0.191 e. The molecule has 2 aromatic rings. The minimum absolute atomic E-state index is 0.450. The summed E-state index contributed by atoms with van der Waals surface area (Å²) in [4.78, 5) is 0. The van der Waals surface area contributed by atoms with Crippen LogP contribution in [-0.4, -0.2) is 21.0 Å². The zero-order valence-electron chi connectivity index (χ0n) is 11.8. The zero-order valence-corrected chi connectivity index (χ0v) is 12.6. The highest BCUT2D eigenvalue weighted by Gasteiger charge is 2.11. The fourth-order valence-electron chi connectivity index (χ4n) is 1.92. The Labute approximate surface area is 118 Å². The molecule has 0 aliphatic rings. The summed E-state index contributed by atoms with van der Waals surface area (Å²) >= 11 is 1.60. The first kappa shape index (κ1) is 13.9. The van der Waals surface area contributed by atoms with Gasteiger partial charge in [-0.3, -0.25) is 0 Å². The van der Waals surface area contributed by atoms with Crippen LogP contribution in [0.3, 0.4) is 0 Å². The van der Waals surface area contributed by atoms with Crippen molar-refractivity contribution in [3.05, 3.63) is 35.2 Å². The van der Waals surface area contributed by atoms with Crippen LogP contribution in [0.2, 0.25) is 0 Å². The number of hydrogen-bond acceptors (Lipinski definition) is 4. The first-order valence-electron chi connectivity index (χ1n) is 6.32. The van der Waals surface area contributed by atoms with Gasteiger partial charge < -0.3 is 9.30 Å². The number of hydrogen-bond donors (Lipinski definition) is 0. The van der Waals surface area contributed by atoms with E-state index in [1.54, 1.807) is 11.8 Å². The Morgan fingerprint density at radius 1 is 1.26 bits per heavy atom. The average molecular weight is 277 g/mol. The lowest BCUT2D eigenvalue weighted by molar-refractivity contribution is 0.286. The van der Waals surface area contributed by atoms with Crippen molar-refractivity contribution >= 4 is 11.8 Å². The minimum atomic E-state index is 0.450. The van der Waals surface area contributed by atoms with Crippen LogP contribution in [0.5, 0.6) is 5.75 Å². The van der Waals surface area contributed by atoms with Crippen molar-refractivity contribution in [2.75, 3.05) is 6.26 Å². The van der Waals surface area contributed by atoms with Crippen LogP contribution in [0, 0.1) is 13.8 Å². The van der Waals surface area contributed by atoms with Crippen LogP contribution in [0.25, 0.3) is 0 Å². The molecule has 0 N–H and O–H groups in total. The lowest BCUT2D eigenvalue weighted by Crippen LogP contribution is -2.07. The number of benzene rings is 1. The smallest absolute Gasteiger partial charge is 0.191 e. The predicted octanol–water partition coefficient (Wildman–Crippen LogP) is 3.22. The predicted molar refractivity (Wildman–Crippen MR) is 77.7 cm³/mol. The normalized spacial score (nSPS) is 10.7. The van der Waals surface area contributed by atoms with Crippen molar-refractivity contribution < 1.29 is 4.74 Å². The summed E-state index contributed by atoms with van der Waals surface area (Å²) < 4.78 is 7.95. The standard InChI is InChI=1S/C14H19N3OS/c1-5-17-13(15-16-14(17)19-4)9-18-12-8-6-7-10(2)11(12)3/h6-8H,5,9H2,1-4H3. The van der Waals surface area contributed by atoms with E-state index in [0.717, 1.165) is 23.3 Å². The molecular weight excluding hydrogens is 258 g/mol. The first-order chi connectivity index (χ1) is 9.17. The van der Waals surface area contributed by atoms with E-state index in [2.05, 4.69) is 41.6 Å². The Morgan fingerprint density at radius 2 is 2.05 bits per heavy atom. The molecule has 4 nitrogen and oxygen atoms in total. The van der Waals surface area contributed by atoms with Gasteiger partial charge in [-0.15, -0.1) is 10.2 Å². The lowest BCUT2D eigenvalue weighted by atomic mass is 10.1. The van der Waals surface area contributed by atoms with Crippen LogP contribution in [0.15, 0.2) is 23.4 Å². The molecule has 0 saturated carbocycles. The molecule has 0 unspecified atom stereocenters. The first-order valence-corrected chi connectivity index (χ1v) is 7.55. The van der Waals surface area contributed by atoms with Crippen molar-refractivity contribution in [3.8, 4) is 5.75 Å². The molecule has 5 heteroatoms. The number of rotatable bonds is 5. The molecule has 0 amide bonds. The fourth-order valence-corrected chi connectivity index (χ4v) is 2.49. The summed E-state index contributed by atoms with van der Waals surface area (Å²) in [5, 5.41) is 9.28. The monoisotopic (exact) mass is 277 g/mol. The Balaban J connectivity index is 2.14. The summed E-state index contributed by atoms with van der Waals surface area (Å²) in [6.07, 6.45) is 2.01. The van der Waals surface area contributed by atoms with E-state index in [1.807, 2.05) is 18.4 Å². The van der Waals surface area contributed by atoms with E-state index in [-0.39, 0.29) is 0 Å². The van der Waals surface area contributed by atoms with E-state index >= 15 is 0 Å². The second-order valence-electron chi connectivity index (χ2n) is 4.33. The summed E-state index contributed by atoms with van der Waals surface area (Å²) in [7, 11) is 0. The highest BCUT2D eigenvalue weighted by Crippen LogP contribution is 2.22. The molecule has 0 aliphatic heterocycles. The Bertz CT molecular complexity index is 566. The van der Waals surface area contributed by atoms with Gasteiger partial charge in [-0.05, 0) is 44.2 Å².